The van der Waals surface area contributed by atoms with Gasteiger partial charge in [-0.05, 0) is 55.3 Å². The normalized spacial score (nSPS) is 14.0. The molecule has 3 rings (SSSR count). The average molecular weight is 360 g/mol. The molecule has 5 heteroatoms. The van der Waals surface area contributed by atoms with Gasteiger partial charge in [0.25, 0.3) is 0 Å². The van der Waals surface area contributed by atoms with E-state index in [-0.39, 0.29) is 6.03 Å². The summed E-state index contributed by atoms with van der Waals surface area (Å²) >= 11 is 3.38. The minimum absolute atomic E-state index is 0.243. The fraction of sp³-hybridized carbons (Fsp3) is 0.235. The minimum atomic E-state index is -0.243. The molecule has 0 atom stereocenters. The number of carbonyl (C=O) groups excluding carboxylic acids is 1. The molecule has 0 saturated carbocycles. The Balaban J connectivity index is 1.59. The summed E-state index contributed by atoms with van der Waals surface area (Å²) in [6, 6.07) is 15.2. The molecule has 2 aromatic carbocycles. The Bertz CT molecular complexity index is 651. The zero-order chi connectivity index (χ0) is 15.4. The molecule has 0 aliphatic carbocycles. The lowest BCUT2D eigenvalue weighted by Gasteiger charge is -2.17. The van der Waals surface area contributed by atoms with E-state index in [9.17, 15) is 4.79 Å². The molecule has 2 amide bonds. The van der Waals surface area contributed by atoms with Gasteiger partial charge in [-0.2, -0.15) is 0 Å². The highest BCUT2D eigenvalue weighted by atomic mass is 79.9. The highest BCUT2D eigenvalue weighted by Crippen LogP contribution is 2.22. The van der Waals surface area contributed by atoms with Crippen LogP contribution in [0.4, 0.5) is 21.9 Å². The summed E-state index contributed by atoms with van der Waals surface area (Å²) in [6.45, 7) is 2.24. The third-order valence-corrected chi connectivity index (χ3v) is 4.17. The highest BCUT2D eigenvalue weighted by Gasteiger charge is 2.12. The number of rotatable bonds is 3. The zero-order valence-corrected chi connectivity index (χ0v) is 13.8. The molecule has 2 N–H and O–H groups in total. The third-order valence-electron chi connectivity index (χ3n) is 3.68. The van der Waals surface area contributed by atoms with Gasteiger partial charge in [0.2, 0.25) is 0 Å². The fourth-order valence-corrected chi connectivity index (χ4v) is 2.99. The molecule has 0 radical (unpaired) electrons. The van der Waals surface area contributed by atoms with Gasteiger partial charge >= 0.3 is 6.03 Å². The van der Waals surface area contributed by atoms with Crippen molar-refractivity contribution in [3.8, 4) is 0 Å². The maximum Gasteiger partial charge on any atom is 0.323 e. The first kappa shape index (κ1) is 14.9. The summed E-state index contributed by atoms with van der Waals surface area (Å²) in [5, 5.41) is 5.65. The van der Waals surface area contributed by atoms with E-state index < -0.39 is 0 Å². The van der Waals surface area contributed by atoms with E-state index in [4.69, 9.17) is 0 Å². The maximum absolute atomic E-state index is 12.0. The molecular weight excluding hydrogens is 342 g/mol. The van der Waals surface area contributed by atoms with Crippen LogP contribution in [0, 0.1) is 0 Å². The van der Waals surface area contributed by atoms with Crippen molar-refractivity contribution in [3.63, 3.8) is 0 Å². The van der Waals surface area contributed by atoms with Crippen LogP contribution in [0.25, 0.3) is 0 Å². The number of nitrogens with zero attached hydrogens (tertiary/aromatic N) is 1. The van der Waals surface area contributed by atoms with Gasteiger partial charge in [-0.15, -0.1) is 0 Å². The summed E-state index contributed by atoms with van der Waals surface area (Å²) in [5.74, 6) is 0. The molecule has 0 aromatic heterocycles. The number of anilines is 3. The Kier molecular flexibility index (Phi) is 4.63. The molecule has 4 nitrogen and oxygen atoms in total. The van der Waals surface area contributed by atoms with E-state index in [0.717, 1.165) is 28.9 Å². The van der Waals surface area contributed by atoms with Crippen LogP contribution in [-0.4, -0.2) is 19.1 Å². The number of hydrogen-bond donors (Lipinski definition) is 2. The number of benzene rings is 2. The molecule has 114 valence electrons. The minimum Gasteiger partial charge on any atom is -0.372 e. The second-order valence-electron chi connectivity index (χ2n) is 5.33. The lowest BCUT2D eigenvalue weighted by molar-refractivity contribution is 0.262. The van der Waals surface area contributed by atoms with E-state index in [1.54, 1.807) is 0 Å². The Labute approximate surface area is 138 Å². The first-order valence-corrected chi connectivity index (χ1v) is 8.18. The second-order valence-corrected chi connectivity index (χ2v) is 6.25. The summed E-state index contributed by atoms with van der Waals surface area (Å²) in [5.41, 5.74) is 2.76. The molecular formula is C17H18BrN3O. The summed E-state index contributed by atoms with van der Waals surface area (Å²) in [6.07, 6.45) is 2.52. The van der Waals surface area contributed by atoms with Gasteiger partial charge in [0.1, 0.15) is 0 Å². The SMILES string of the molecule is O=C(Nc1ccc(N2CCCC2)cc1)Nc1cccc(Br)c1. The Morgan fingerprint density at radius 2 is 1.64 bits per heavy atom. The average Bonchev–Trinajstić information content (AvgIpc) is 3.02. The van der Waals surface area contributed by atoms with Gasteiger partial charge in [-0.25, -0.2) is 4.79 Å². The van der Waals surface area contributed by atoms with Crippen molar-refractivity contribution in [2.75, 3.05) is 28.6 Å². The number of amides is 2. The predicted molar refractivity (Wildman–Crippen MR) is 94.7 cm³/mol. The Morgan fingerprint density at radius 3 is 2.32 bits per heavy atom. The highest BCUT2D eigenvalue weighted by molar-refractivity contribution is 9.10. The lowest BCUT2D eigenvalue weighted by Crippen LogP contribution is -2.20. The van der Waals surface area contributed by atoms with Gasteiger partial charge in [-0.3, -0.25) is 0 Å². The monoisotopic (exact) mass is 359 g/mol. The van der Waals surface area contributed by atoms with Crippen molar-refractivity contribution in [2.24, 2.45) is 0 Å². The van der Waals surface area contributed by atoms with E-state index in [1.807, 2.05) is 36.4 Å². The summed E-state index contributed by atoms with van der Waals surface area (Å²) in [4.78, 5) is 14.4. The first-order chi connectivity index (χ1) is 10.7. The molecule has 1 aliphatic heterocycles. The van der Waals surface area contributed by atoms with Crippen LogP contribution in [-0.2, 0) is 0 Å². The number of hydrogen-bond acceptors (Lipinski definition) is 2. The molecule has 0 spiro atoms. The van der Waals surface area contributed by atoms with Crippen LogP contribution in [0.15, 0.2) is 53.0 Å². The third kappa shape index (κ3) is 3.80. The number of carbonyl (C=O) groups is 1. The van der Waals surface area contributed by atoms with Gasteiger partial charge in [0, 0.05) is 34.6 Å². The Morgan fingerprint density at radius 1 is 0.955 bits per heavy atom. The Hall–Kier alpha value is -2.01. The predicted octanol–water partition coefficient (Wildman–Crippen LogP) is 4.69. The maximum atomic E-state index is 12.0. The molecule has 1 saturated heterocycles. The van der Waals surface area contributed by atoms with Crippen molar-refractivity contribution in [1.29, 1.82) is 0 Å². The van der Waals surface area contributed by atoms with Gasteiger partial charge in [0.15, 0.2) is 0 Å². The van der Waals surface area contributed by atoms with Gasteiger partial charge in [0.05, 0.1) is 0 Å². The summed E-state index contributed by atoms with van der Waals surface area (Å²) < 4.78 is 0.931. The fourth-order valence-electron chi connectivity index (χ4n) is 2.59. The van der Waals surface area contributed by atoms with Crippen LogP contribution in [0.1, 0.15) is 12.8 Å². The number of urea groups is 1. The van der Waals surface area contributed by atoms with Crippen molar-refractivity contribution >= 4 is 39.0 Å². The smallest absolute Gasteiger partial charge is 0.323 e. The van der Waals surface area contributed by atoms with Crippen molar-refractivity contribution in [1.82, 2.24) is 0 Å². The standard InChI is InChI=1S/C17H18BrN3O/c18-13-4-3-5-15(12-13)20-17(22)19-14-6-8-16(9-7-14)21-10-1-2-11-21/h3-9,12H,1-2,10-11H2,(H2,19,20,22). The van der Waals surface area contributed by atoms with Crippen molar-refractivity contribution in [3.05, 3.63) is 53.0 Å². The van der Waals surface area contributed by atoms with Crippen LogP contribution in [0.2, 0.25) is 0 Å². The molecule has 1 aliphatic rings. The largest absolute Gasteiger partial charge is 0.372 e. The number of halogens is 1. The van der Waals surface area contributed by atoms with Gasteiger partial charge < -0.3 is 15.5 Å². The van der Waals surface area contributed by atoms with E-state index in [0.29, 0.717) is 0 Å². The van der Waals surface area contributed by atoms with Crippen LogP contribution in [0.3, 0.4) is 0 Å². The summed E-state index contributed by atoms with van der Waals surface area (Å²) in [7, 11) is 0. The van der Waals surface area contributed by atoms with Crippen LogP contribution < -0.4 is 15.5 Å². The number of nitrogens with one attached hydrogen (secondary N) is 2. The molecule has 0 bridgehead atoms. The second kappa shape index (κ2) is 6.83. The van der Waals surface area contributed by atoms with E-state index in [1.165, 1.54) is 18.5 Å². The van der Waals surface area contributed by atoms with E-state index in [2.05, 4.69) is 43.6 Å². The quantitative estimate of drug-likeness (QED) is 0.834. The zero-order valence-electron chi connectivity index (χ0n) is 12.2. The first-order valence-electron chi connectivity index (χ1n) is 7.39. The molecule has 2 aromatic rings. The molecule has 0 unspecified atom stereocenters. The van der Waals surface area contributed by atoms with Crippen LogP contribution in [0.5, 0.6) is 0 Å². The molecule has 1 heterocycles. The van der Waals surface area contributed by atoms with Crippen molar-refractivity contribution < 1.29 is 4.79 Å². The molecule has 1 fully saturated rings. The van der Waals surface area contributed by atoms with Crippen molar-refractivity contribution in [2.45, 2.75) is 12.8 Å². The lowest BCUT2D eigenvalue weighted by atomic mass is 10.2. The topological polar surface area (TPSA) is 44.4 Å². The molecule has 22 heavy (non-hydrogen) atoms. The van der Waals surface area contributed by atoms with Crippen LogP contribution >= 0.6 is 15.9 Å². The van der Waals surface area contributed by atoms with E-state index >= 15 is 0 Å². The van der Waals surface area contributed by atoms with Gasteiger partial charge in [-0.1, -0.05) is 22.0 Å².